The van der Waals surface area contributed by atoms with E-state index in [2.05, 4.69) is 15.0 Å². The van der Waals surface area contributed by atoms with Crippen molar-refractivity contribution < 1.29 is 19.8 Å². The van der Waals surface area contributed by atoms with Gasteiger partial charge in [0.15, 0.2) is 5.84 Å². The minimum atomic E-state index is -1.22. The number of aliphatic hydroxyl groups excluding tert-OH is 1. The molecular formula is C25H21N5O5S2. The highest BCUT2D eigenvalue weighted by Gasteiger charge is 2.28. The maximum atomic E-state index is 13.7. The van der Waals surface area contributed by atoms with Gasteiger partial charge in [-0.2, -0.15) is 0 Å². The topological polar surface area (TPSA) is 159 Å². The van der Waals surface area contributed by atoms with Crippen molar-refractivity contribution >= 4 is 56.8 Å². The number of pyridine rings is 1. The summed E-state index contributed by atoms with van der Waals surface area (Å²) in [4.78, 5) is 42.8. The zero-order valence-electron chi connectivity index (χ0n) is 19.2. The lowest BCUT2D eigenvalue weighted by Crippen LogP contribution is -2.46. The summed E-state index contributed by atoms with van der Waals surface area (Å²) >= 11 is 2.23. The molecule has 0 unspecified atom stereocenters. The van der Waals surface area contributed by atoms with Crippen molar-refractivity contribution in [3.63, 3.8) is 0 Å². The zero-order valence-corrected chi connectivity index (χ0v) is 20.8. The number of nitrogens with two attached hydrogens (primary N) is 1. The second-order valence-corrected chi connectivity index (χ2v) is 9.85. The average Bonchev–Trinajstić information content (AvgIpc) is 3.33. The van der Waals surface area contributed by atoms with Gasteiger partial charge in [-0.25, -0.2) is 4.99 Å². The molecule has 1 aliphatic rings. The van der Waals surface area contributed by atoms with E-state index in [0.29, 0.717) is 27.3 Å². The van der Waals surface area contributed by atoms with Gasteiger partial charge in [0.25, 0.3) is 11.5 Å². The lowest BCUT2D eigenvalue weighted by molar-refractivity contribution is -0.120. The fourth-order valence-electron chi connectivity index (χ4n) is 3.97. The Labute approximate surface area is 218 Å². The average molecular weight is 536 g/mol. The zero-order chi connectivity index (χ0) is 26.1. The van der Waals surface area contributed by atoms with Crippen LogP contribution in [-0.4, -0.2) is 45.1 Å². The standard InChI is InChI=1S/C25H21N5O5S2/c26-21(33)16(11-31)27-23(34)15-12-36-24-20(15)37-29-22(28-24)18-19(32)14-8-4-5-9-17(14)30(25(18)35)10-13-6-2-1-3-7-13/h1-9,12,16,31-32H,10-11H2,(H2,26,33)(H,27,34)(H,28,29)/t16-/m0/s1. The summed E-state index contributed by atoms with van der Waals surface area (Å²) in [6, 6.07) is 15.4. The van der Waals surface area contributed by atoms with Crippen LogP contribution in [0, 0.1) is 0 Å². The number of amides is 2. The van der Waals surface area contributed by atoms with Crippen LogP contribution in [0.1, 0.15) is 21.5 Å². The number of amidine groups is 1. The molecule has 37 heavy (non-hydrogen) atoms. The van der Waals surface area contributed by atoms with Crippen LogP contribution in [0.15, 0.2) is 74.7 Å². The minimum Gasteiger partial charge on any atom is -0.506 e. The third-order valence-corrected chi connectivity index (χ3v) is 7.75. The number of carbonyl (C=O) groups is 2. The van der Waals surface area contributed by atoms with Gasteiger partial charge in [-0.1, -0.05) is 42.5 Å². The van der Waals surface area contributed by atoms with Crippen molar-refractivity contribution in [3.05, 3.63) is 87.0 Å². The first kappa shape index (κ1) is 24.6. The summed E-state index contributed by atoms with van der Waals surface area (Å²) < 4.78 is 4.57. The number of benzene rings is 2. The number of nitrogens with one attached hydrogen (secondary N) is 2. The summed E-state index contributed by atoms with van der Waals surface area (Å²) in [6.07, 6.45) is 0. The molecule has 1 atom stereocenters. The first-order valence-corrected chi connectivity index (χ1v) is 12.8. The van der Waals surface area contributed by atoms with E-state index in [-0.39, 0.29) is 22.7 Å². The number of aromatic nitrogens is 1. The maximum Gasteiger partial charge on any atom is 0.266 e. The molecule has 0 spiro atoms. The molecule has 6 N–H and O–H groups in total. The molecule has 0 saturated carbocycles. The highest BCUT2D eigenvalue weighted by atomic mass is 32.2. The van der Waals surface area contributed by atoms with Gasteiger partial charge in [-0.3, -0.25) is 14.4 Å². The Morgan fingerprint density at radius 2 is 1.86 bits per heavy atom. The molecule has 0 radical (unpaired) electrons. The molecule has 0 aliphatic carbocycles. The fourth-order valence-corrected chi connectivity index (χ4v) is 5.87. The van der Waals surface area contributed by atoms with Crippen LogP contribution >= 0.6 is 23.3 Å². The van der Waals surface area contributed by atoms with E-state index in [4.69, 9.17) is 5.73 Å². The number of carbonyl (C=O) groups excluding carboxylic acids is 2. The van der Waals surface area contributed by atoms with Crippen LogP contribution in [0.5, 0.6) is 5.75 Å². The molecule has 1 aliphatic heterocycles. The van der Waals surface area contributed by atoms with Crippen LogP contribution in [-0.2, 0) is 11.3 Å². The normalized spacial score (nSPS) is 13.4. The van der Waals surface area contributed by atoms with Crippen molar-refractivity contribution in [2.45, 2.75) is 17.5 Å². The molecular weight excluding hydrogens is 514 g/mol. The molecule has 2 amide bonds. The predicted octanol–water partition coefficient (Wildman–Crippen LogP) is 2.08. The first-order valence-electron chi connectivity index (χ1n) is 11.1. The highest BCUT2D eigenvalue weighted by Crippen LogP contribution is 2.41. The van der Waals surface area contributed by atoms with Crippen molar-refractivity contribution in [2.24, 2.45) is 10.7 Å². The first-order chi connectivity index (χ1) is 17.9. The van der Waals surface area contributed by atoms with E-state index in [1.807, 2.05) is 30.3 Å². The Kier molecular flexibility index (Phi) is 6.70. The second-order valence-electron chi connectivity index (χ2n) is 8.18. The Hall–Kier alpha value is -4.13. The molecule has 2 aromatic carbocycles. The molecule has 188 valence electrons. The van der Waals surface area contributed by atoms with E-state index in [1.54, 1.807) is 34.2 Å². The Morgan fingerprint density at radius 3 is 2.59 bits per heavy atom. The molecule has 0 bridgehead atoms. The van der Waals surface area contributed by atoms with Crippen molar-refractivity contribution in [1.82, 2.24) is 14.6 Å². The van der Waals surface area contributed by atoms with Gasteiger partial charge in [-0.15, -0.1) is 11.3 Å². The van der Waals surface area contributed by atoms with E-state index in [9.17, 15) is 24.6 Å². The van der Waals surface area contributed by atoms with Gasteiger partial charge in [-0.05, 0) is 29.6 Å². The number of rotatable bonds is 7. The molecule has 0 fully saturated rings. The summed E-state index contributed by atoms with van der Waals surface area (Å²) in [6.45, 7) is -0.327. The smallest absolute Gasteiger partial charge is 0.266 e. The maximum absolute atomic E-state index is 13.7. The molecule has 4 aromatic rings. The van der Waals surface area contributed by atoms with Crippen LogP contribution in [0.2, 0.25) is 0 Å². The fraction of sp³-hybridized carbons (Fsp3) is 0.120. The lowest BCUT2D eigenvalue weighted by atomic mass is 10.1. The van der Waals surface area contributed by atoms with Gasteiger partial charge >= 0.3 is 0 Å². The van der Waals surface area contributed by atoms with E-state index < -0.39 is 30.0 Å². The van der Waals surface area contributed by atoms with Crippen LogP contribution in [0.4, 0.5) is 5.00 Å². The predicted molar refractivity (Wildman–Crippen MR) is 142 cm³/mol. The Bertz CT molecular complexity index is 1610. The molecule has 5 rings (SSSR count). The van der Waals surface area contributed by atoms with Crippen molar-refractivity contribution in [2.75, 3.05) is 6.61 Å². The van der Waals surface area contributed by atoms with Gasteiger partial charge in [0.05, 0.1) is 29.1 Å². The lowest BCUT2D eigenvalue weighted by Gasteiger charge is -2.19. The minimum absolute atomic E-state index is 0.0151. The van der Waals surface area contributed by atoms with Crippen LogP contribution in [0.3, 0.4) is 0 Å². The molecule has 3 heterocycles. The summed E-state index contributed by atoms with van der Waals surface area (Å²) in [5.74, 6) is -1.49. The van der Waals surface area contributed by atoms with E-state index in [0.717, 1.165) is 17.5 Å². The molecule has 0 saturated heterocycles. The van der Waals surface area contributed by atoms with Crippen molar-refractivity contribution in [3.8, 4) is 5.75 Å². The summed E-state index contributed by atoms with van der Waals surface area (Å²) in [7, 11) is 0. The summed E-state index contributed by atoms with van der Waals surface area (Å²) in [5.41, 5.74) is 6.54. The van der Waals surface area contributed by atoms with Crippen LogP contribution in [0.25, 0.3) is 10.9 Å². The number of aromatic hydroxyl groups is 1. The Morgan fingerprint density at radius 1 is 1.14 bits per heavy atom. The number of aliphatic hydroxyl groups is 1. The number of primary amides is 1. The number of para-hydroxylation sites is 1. The van der Waals surface area contributed by atoms with Crippen LogP contribution < -0.4 is 21.3 Å². The monoisotopic (exact) mass is 535 g/mol. The number of nitrogens with zero attached hydrogens (tertiary/aromatic N) is 2. The highest BCUT2D eigenvalue weighted by molar-refractivity contribution is 7.98. The molecule has 2 aromatic heterocycles. The number of hydrogen-bond donors (Lipinski definition) is 5. The SMILES string of the molecule is NC(=O)[C@H](CO)NC(=O)c1csc2c1SNC(c1c(O)c3ccccc3n(Cc3ccccc3)c1=O)=N2. The van der Waals surface area contributed by atoms with Gasteiger partial charge in [0.2, 0.25) is 5.91 Å². The largest absolute Gasteiger partial charge is 0.506 e. The van der Waals surface area contributed by atoms with Gasteiger partial charge in [0, 0.05) is 10.8 Å². The quantitative estimate of drug-likeness (QED) is 0.227. The number of hydrogen-bond acceptors (Lipinski definition) is 9. The third-order valence-electron chi connectivity index (χ3n) is 5.83. The number of fused-ring (bicyclic) bond motifs is 2. The molecule has 10 nitrogen and oxygen atoms in total. The van der Waals surface area contributed by atoms with E-state index >= 15 is 0 Å². The third kappa shape index (κ3) is 4.57. The van der Waals surface area contributed by atoms with Gasteiger partial charge in [0.1, 0.15) is 22.4 Å². The molecule has 12 heteroatoms. The Balaban J connectivity index is 1.57. The van der Waals surface area contributed by atoms with E-state index in [1.165, 1.54) is 11.3 Å². The number of thiophene rings is 1. The number of aliphatic imine (C=N–C) groups is 1. The second kappa shape index (κ2) is 10.1. The summed E-state index contributed by atoms with van der Waals surface area (Å²) in [5, 5.41) is 25.3. The van der Waals surface area contributed by atoms with Gasteiger partial charge < -0.3 is 30.6 Å². The van der Waals surface area contributed by atoms with Crippen molar-refractivity contribution in [1.29, 1.82) is 0 Å².